The van der Waals surface area contributed by atoms with Gasteiger partial charge in [0.2, 0.25) is 0 Å². The second kappa shape index (κ2) is 7.46. The molecule has 3 heterocycles. The predicted octanol–water partition coefficient (Wildman–Crippen LogP) is 3.74. The molecule has 170 valence electrons. The number of pyridine rings is 1. The van der Waals surface area contributed by atoms with E-state index in [0.717, 1.165) is 16.5 Å². The summed E-state index contributed by atoms with van der Waals surface area (Å²) in [6, 6.07) is 4.87. The summed E-state index contributed by atoms with van der Waals surface area (Å²) >= 11 is 0. The van der Waals surface area contributed by atoms with E-state index in [1.54, 1.807) is 27.7 Å². The van der Waals surface area contributed by atoms with Crippen LogP contribution in [-0.4, -0.2) is 58.6 Å². The maximum atomic E-state index is 13.4. The molecule has 2 atom stereocenters. The molecule has 8 nitrogen and oxygen atoms in total. The molecule has 2 aliphatic rings. The third-order valence-electron chi connectivity index (χ3n) is 5.85. The van der Waals surface area contributed by atoms with Crippen LogP contribution in [0.4, 0.5) is 4.79 Å². The Morgan fingerprint density at radius 3 is 2.62 bits per heavy atom. The number of fused-ring (bicyclic) bond motifs is 3. The molecular formula is C24H28N2O6. The first kappa shape index (κ1) is 22.0. The molecule has 1 aromatic carbocycles. The Morgan fingerprint density at radius 2 is 1.97 bits per heavy atom. The highest BCUT2D eigenvalue weighted by Gasteiger charge is 2.55. The normalized spacial score (nSPS) is 22.6. The van der Waals surface area contributed by atoms with Crippen molar-refractivity contribution in [3.8, 4) is 5.75 Å². The Balaban J connectivity index is 1.75. The Kier molecular flexibility index (Phi) is 5.14. The number of rotatable bonds is 1. The van der Waals surface area contributed by atoms with Crippen molar-refractivity contribution >= 4 is 28.7 Å². The van der Waals surface area contributed by atoms with Crippen LogP contribution in [0.5, 0.6) is 5.75 Å². The lowest BCUT2D eigenvalue weighted by molar-refractivity contribution is -0.145. The minimum Gasteiger partial charge on any atom is -0.482 e. The predicted molar refractivity (Wildman–Crippen MR) is 117 cm³/mol. The molecule has 0 saturated carbocycles. The van der Waals surface area contributed by atoms with E-state index in [9.17, 15) is 14.4 Å². The third-order valence-corrected chi connectivity index (χ3v) is 5.85. The van der Waals surface area contributed by atoms with Crippen molar-refractivity contribution in [2.75, 3.05) is 13.7 Å². The Morgan fingerprint density at radius 1 is 1.25 bits per heavy atom. The van der Waals surface area contributed by atoms with E-state index in [4.69, 9.17) is 14.2 Å². The largest absolute Gasteiger partial charge is 0.482 e. The number of esters is 1. The Bertz CT molecular complexity index is 1140. The molecule has 2 aliphatic heterocycles. The summed E-state index contributed by atoms with van der Waals surface area (Å²) in [6.45, 7) is 9.05. The second-order valence-electron chi connectivity index (χ2n) is 9.66. The first-order valence-electron chi connectivity index (χ1n) is 10.6. The summed E-state index contributed by atoms with van der Waals surface area (Å²) < 4.78 is 16.9. The second-order valence-corrected chi connectivity index (χ2v) is 9.66. The van der Waals surface area contributed by atoms with Crippen molar-refractivity contribution in [2.45, 2.75) is 64.7 Å². The maximum absolute atomic E-state index is 13.4. The monoisotopic (exact) mass is 440 g/mol. The Hall–Kier alpha value is -3.16. The molecule has 2 aromatic rings. The zero-order valence-corrected chi connectivity index (χ0v) is 19.3. The van der Waals surface area contributed by atoms with Crippen LogP contribution in [0.15, 0.2) is 18.2 Å². The van der Waals surface area contributed by atoms with Crippen molar-refractivity contribution in [3.63, 3.8) is 0 Å². The highest BCUT2D eigenvalue weighted by molar-refractivity contribution is 6.11. The molecule has 1 amide bonds. The van der Waals surface area contributed by atoms with Crippen LogP contribution in [0.2, 0.25) is 0 Å². The number of ether oxygens (including phenoxy) is 3. The molecule has 0 unspecified atom stereocenters. The van der Waals surface area contributed by atoms with Gasteiger partial charge >= 0.3 is 12.1 Å². The zero-order chi connectivity index (χ0) is 23.4. The van der Waals surface area contributed by atoms with Gasteiger partial charge in [-0.2, -0.15) is 0 Å². The van der Waals surface area contributed by atoms with Crippen molar-refractivity contribution in [3.05, 3.63) is 35.0 Å². The van der Waals surface area contributed by atoms with Gasteiger partial charge in [-0.1, -0.05) is 11.6 Å². The number of ketones is 1. The van der Waals surface area contributed by atoms with Crippen LogP contribution in [0.25, 0.3) is 10.9 Å². The van der Waals surface area contributed by atoms with Crippen LogP contribution >= 0.6 is 0 Å². The number of nitrogens with zero attached hydrogens (tertiary/aromatic N) is 2. The molecular weight excluding hydrogens is 412 g/mol. The fourth-order valence-electron chi connectivity index (χ4n) is 4.53. The number of aromatic nitrogens is 1. The number of hydrogen-bond donors (Lipinski definition) is 0. The van der Waals surface area contributed by atoms with Crippen molar-refractivity contribution < 1.29 is 28.6 Å². The summed E-state index contributed by atoms with van der Waals surface area (Å²) in [7, 11) is 1.27. The lowest BCUT2D eigenvalue weighted by Gasteiger charge is -2.35. The van der Waals surface area contributed by atoms with Crippen LogP contribution in [0.1, 0.15) is 55.2 Å². The molecule has 0 aliphatic carbocycles. The van der Waals surface area contributed by atoms with Gasteiger partial charge in [-0.25, -0.2) is 14.6 Å². The number of carbonyl (C=O) groups excluding carboxylic acids is 3. The number of carbonyl (C=O) groups is 3. The van der Waals surface area contributed by atoms with Gasteiger partial charge in [-0.05, 0) is 46.8 Å². The molecule has 0 bridgehead atoms. The first-order chi connectivity index (χ1) is 14.9. The first-order valence-corrected chi connectivity index (χ1v) is 10.6. The van der Waals surface area contributed by atoms with Gasteiger partial charge in [0.05, 0.1) is 36.8 Å². The van der Waals surface area contributed by atoms with Crippen LogP contribution in [-0.2, 0) is 14.3 Å². The third kappa shape index (κ3) is 3.78. The topological polar surface area (TPSA) is 95.0 Å². The van der Waals surface area contributed by atoms with E-state index in [0.29, 0.717) is 17.0 Å². The van der Waals surface area contributed by atoms with E-state index in [2.05, 4.69) is 4.98 Å². The molecule has 1 fully saturated rings. The molecule has 1 spiro atoms. The molecule has 32 heavy (non-hydrogen) atoms. The van der Waals surface area contributed by atoms with Gasteiger partial charge in [0, 0.05) is 11.8 Å². The van der Waals surface area contributed by atoms with Crippen LogP contribution < -0.4 is 4.74 Å². The van der Waals surface area contributed by atoms with Gasteiger partial charge in [0.15, 0.2) is 11.5 Å². The van der Waals surface area contributed by atoms with Gasteiger partial charge in [0.1, 0.15) is 17.2 Å². The van der Waals surface area contributed by atoms with Gasteiger partial charge in [-0.3, -0.25) is 9.69 Å². The van der Waals surface area contributed by atoms with E-state index < -0.39 is 29.3 Å². The average Bonchev–Trinajstić information content (AvgIpc) is 3.05. The molecule has 1 aromatic heterocycles. The number of likely N-dealkylation sites (tertiary alicyclic amines) is 1. The van der Waals surface area contributed by atoms with E-state index in [1.165, 1.54) is 12.0 Å². The number of aryl methyl sites for hydroxylation is 2. The SMILES string of the molecule is COC(=O)[C@@H]1C[C@@]2(CC(=O)c3c(c(C)nc4ccc(C)cc34)O2)CN1C(=O)OC(C)(C)C. The molecule has 4 rings (SSSR count). The molecule has 8 heteroatoms. The molecule has 1 saturated heterocycles. The summed E-state index contributed by atoms with van der Waals surface area (Å²) in [6.07, 6.45) is -0.468. The lowest BCUT2D eigenvalue weighted by atomic mass is 9.86. The van der Waals surface area contributed by atoms with Crippen molar-refractivity contribution in [1.29, 1.82) is 0 Å². The zero-order valence-electron chi connectivity index (χ0n) is 19.3. The van der Waals surface area contributed by atoms with Gasteiger partial charge in [-0.15, -0.1) is 0 Å². The summed E-state index contributed by atoms with van der Waals surface area (Å²) in [5.41, 5.74) is 1.06. The van der Waals surface area contributed by atoms with Crippen molar-refractivity contribution in [1.82, 2.24) is 9.88 Å². The lowest BCUT2D eigenvalue weighted by Crippen LogP contribution is -2.47. The standard InChI is InChI=1S/C24H28N2O6/c1-13-7-8-16-15(9-13)19-18(27)11-24(31-20(19)14(2)25-16)10-17(21(28)30-6)26(12-24)22(29)32-23(3,4)5/h7-9,17H,10-12H2,1-6H3/t17-,24+/m0/s1. The minimum atomic E-state index is -1.05. The number of amides is 1. The number of hydrogen-bond acceptors (Lipinski definition) is 7. The van der Waals surface area contributed by atoms with Crippen LogP contribution in [0, 0.1) is 13.8 Å². The smallest absolute Gasteiger partial charge is 0.411 e. The molecule has 0 radical (unpaired) electrons. The quantitative estimate of drug-likeness (QED) is 0.624. The van der Waals surface area contributed by atoms with Gasteiger partial charge < -0.3 is 14.2 Å². The minimum absolute atomic E-state index is 0.0398. The molecule has 0 N–H and O–H groups in total. The number of Topliss-reactive ketones (excluding diaryl/α,β-unsaturated/α-hetero) is 1. The number of benzene rings is 1. The van der Waals surface area contributed by atoms with E-state index >= 15 is 0 Å². The number of methoxy groups -OCH3 is 1. The van der Waals surface area contributed by atoms with Crippen molar-refractivity contribution in [2.24, 2.45) is 0 Å². The average molecular weight is 440 g/mol. The highest BCUT2D eigenvalue weighted by Crippen LogP contribution is 2.44. The Labute approximate surface area is 186 Å². The van der Waals surface area contributed by atoms with E-state index in [1.807, 2.05) is 25.1 Å². The van der Waals surface area contributed by atoms with Crippen LogP contribution in [0.3, 0.4) is 0 Å². The summed E-state index contributed by atoms with van der Waals surface area (Å²) in [4.78, 5) is 44.7. The van der Waals surface area contributed by atoms with E-state index in [-0.39, 0.29) is 25.2 Å². The fraction of sp³-hybridized carbons (Fsp3) is 0.500. The summed E-state index contributed by atoms with van der Waals surface area (Å²) in [5.74, 6) is -0.255. The maximum Gasteiger partial charge on any atom is 0.411 e. The van der Waals surface area contributed by atoms with Gasteiger partial charge in [0.25, 0.3) is 0 Å². The summed E-state index contributed by atoms with van der Waals surface area (Å²) in [5, 5.41) is 0.747. The highest BCUT2D eigenvalue weighted by atomic mass is 16.6. The fourth-order valence-corrected chi connectivity index (χ4v) is 4.53.